The van der Waals surface area contributed by atoms with Crippen molar-refractivity contribution in [3.63, 3.8) is 0 Å². The van der Waals surface area contributed by atoms with Crippen LogP contribution in [0.25, 0.3) is 0 Å². The quantitative estimate of drug-likeness (QED) is 0.754. The molecule has 0 aliphatic rings. The molecular formula is C14H15NO2. The SMILES string of the molecule is COC(=O)c1cccn1CCc1ccccc1. The maximum Gasteiger partial charge on any atom is 0.354 e. The summed E-state index contributed by atoms with van der Waals surface area (Å²) in [5, 5.41) is 0. The minimum atomic E-state index is -0.289. The number of carbonyl (C=O) groups excluding carboxylic acids is 1. The van der Waals surface area contributed by atoms with E-state index in [0.717, 1.165) is 13.0 Å². The lowest BCUT2D eigenvalue weighted by atomic mass is 10.1. The zero-order valence-corrected chi connectivity index (χ0v) is 9.80. The van der Waals surface area contributed by atoms with Crippen LogP contribution in [0.3, 0.4) is 0 Å². The van der Waals surface area contributed by atoms with Gasteiger partial charge < -0.3 is 9.30 Å². The van der Waals surface area contributed by atoms with Crippen molar-refractivity contribution in [2.45, 2.75) is 13.0 Å². The predicted molar refractivity (Wildman–Crippen MR) is 65.9 cm³/mol. The molecular weight excluding hydrogens is 214 g/mol. The Labute approximate surface area is 101 Å². The molecule has 0 fully saturated rings. The smallest absolute Gasteiger partial charge is 0.354 e. The summed E-state index contributed by atoms with van der Waals surface area (Å²) < 4.78 is 6.64. The highest BCUT2D eigenvalue weighted by atomic mass is 16.5. The molecule has 88 valence electrons. The molecule has 1 heterocycles. The van der Waals surface area contributed by atoms with Crippen LogP contribution < -0.4 is 0 Å². The summed E-state index contributed by atoms with van der Waals surface area (Å²) in [7, 11) is 1.40. The van der Waals surface area contributed by atoms with Crippen LogP contribution in [0.1, 0.15) is 16.1 Å². The monoisotopic (exact) mass is 229 g/mol. The Bertz CT molecular complexity index is 488. The number of benzene rings is 1. The summed E-state index contributed by atoms with van der Waals surface area (Å²) >= 11 is 0. The van der Waals surface area contributed by atoms with Gasteiger partial charge >= 0.3 is 5.97 Å². The lowest BCUT2D eigenvalue weighted by Crippen LogP contribution is -2.11. The molecule has 0 unspecified atom stereocenters. The number of ether oxygens (including phenoxy) is 1. The third kappa shape index (κ3) is 2.75. The molecule has 0 radical (unpaired) electrons. The Morgan fingerprint density at radius 3 is 2.65 bits per heavy atom. The second-order valence-corrected chi connectivity index (χ2v) is 3.81. The zero-order chi connectivity index (χ0) is 12.1. The molecule has 0 atom stereocenters. The van der Waals surface area contributed by atoms with Gasteiger partial charge in [-0.3, -0.25) is 0 Å². The summed E-state index contributed by atoms with van der Waals surface area (Å²) in [6.07, 6.45) is 2.80. The van der Waals surface area contributed by atoms with E-state index in [9.17, 15) is 4.79 Å². The van der Waals surface area contributed by atoms with Gasteiger partial charge in [-0.2, -0.15) is 0 Å². The zero-order valence-electron chi connectivity index (χ0n) is 9.80. The molecule has 0 aliphatic heterocycles. The van der Waals surface area contributed by atoms with Crippen LogP contribution in [-0.2, 0) is 17.7 Å². The van der Waals surface area contributed by atoms with Crippen LogP contribution in [-0.4, -0.2) is 17.6 Å². The molecule has 2 aromatic rings. The molecule has 1 aromatic heterocycles. The molecule has 0 N–H and O–H groups in total. The van der Waals surface area contributed by atoms with E-state index in [4.69, 9.17) is 4.74 Å². The van der Waals surface area contributed by atoms with Crippen molar-refractivity contribution in [1.29, 1.82) is 0 Å². The molecule has 0 aliphatic carbocycles. The number of hydrogen-bond acceptors (Lipinski definition) is 2. The predicted octanol–water partition coefficient (Wildman–Crippen LogP) is 2.52. The average molecular weight is 229 g/mol. The standard InChI is InChI=1S/C14H15NO2/c1-17-14(16)13-8-5-10-15(13)11-9-12-6-3-2-4-7-12/h2-8,10H,9,11H2,1H3. The van der Waals surface area contributed by atoms with E-state index >= 15 is 0 Å². The van der Waals surface area contributed by atoms with Crippen LogP contribution in [0.4, 0.5) is 0 Å². The topological polar surface area (TPSA) is 31.2 Å². The number of methoxy groups -OCH3 is 1. The maximum atomic E-state index is 11.5. The molecule has 0 spiro atoms. The van der Waals surface area contributed by atoms with Gasteiger partial charge in [-0.05, 0) is 24.1 Å². The van der Waals surface area contributed by atoms with E-state index in [1.54, 1.807) is 6.07 Å². The van der Waals surface area contributed by atoms with E-state index in [1.165, 1.54) is 12.7 Å². The number of esters is 1. The van der Waals surface area contributed by atoms with E-state index in [1.807, 2.05) is 35.0 Å². The van der Waals surface area contributed by atoms with Crippen molar-refractivity contribution in [1.82, 2.24) is 4.57 Å². The highest BCUT2D eigenvalue weighted by molar-refractivity contribution is 5.87. The van der Waals surface area contributed by atoms with Crippen LogP contribution in [0.2, 0.25) is 0 Å². The van der Waals surface area contributed by atoms with Gasteiger partial charge in [0.05, 0.1) is 7.11 Å². The fourth-order valence-corrected chi connectivity index (χ4v) is 1.79. The minimum Gasteiger partial charge on any atom is -0.464 e. The third-order valence-corrected chi connectivity index (χ3v) is 2.71. The minimum absolute atomic E-state index is 0.289. The summed E-state index contributed by atoms with van der Waals surface area (Å²) in [5.74, 6) is -0.289. The maximum absolute atomic E-state index is 11.5. The van der Waals surface area contributed by atoms with Crippen LogP contribution >= 0.6 is 0 Å². The normalized spacial score (nSPS) is 10.2. The summed E-state index contributed by atoms with van der Waals surface area (Å²) in [6, 6.07) is 13.8. The molecule has 17 heavy (non-hydrogen) atoms. The van der Waals surface area contributed by atoms with E-state index in [-0.39, 0.29) is 5.97 Å². The molecule has 1 aromatic carbocycles. The fourth-order valence-electron chi connectivity index (χ4n) is 1.79. The number of aryl methyl sites for hydroxylation is 2. The number of aromatic nitrogens is 1. The average Bonchev–Trinajstić information content (AvgIpc) is 2.85. The lowest BCUT2D eigenvalue weighted by Gasteiger charge is -2.07. The fraction of sp³-hybridized carbons (Fsp3) is 0.214. The van der Waals surface area contributed by atoms with Gasteiger partial charge in [0, 0.05) is 12.7 Å². The van der Waals surface area contributed by atoms with Crippen molar-refractivity contribution < 1.29 is 9.53 Å². The van der Waals surface area contributed by atoms with E-state index in [2.05, 4.69) is 12.1 Å². The first-order valence-corrected chi connectivity index (χ1v) is 5.58. The van der Waals surface area contributed by atoms with Gasteiger partial charge in [0.15, 0.2) is 0 Å². The van der Waals surface area contributed by atoms with Gasteiger partial charge in [-0.1, -0.05) is 30.3 Å². The van der Waals surface area contributed by atoms with Gasteiger partial charge in [-0.25, -0.2) is 4.79 Å². The Balaban J connectivity index is 2.05. The highest BCUT2D eigenvalue weighted by Crippen LogP contribution is 2.07. The van der Waals surface area contributed by atoms with Crippen molar-refractivity contribution in [2.24, 2.45) is 0 Å². The second kappa shape index (κ2) is 5.34. The molecule has 0 amide bonds. The van der Waals surface area contributed by atoms with Gasteiger partial charge in [0.2, 0.25) is 0 Å². The molecule has 0 saturated carbocycles. The first-order chi connectivity index (χ1) is 8.31. The first-order valence-electron chi connectivity index (χ1n) is 5.58. The summed E-state index contributed by atoms with van der Waals surface area (Å²) in [5.41, 5.74) is 1.86. The molecule has 0 saturated heterocycles. The first kappa shape index (κ1) is 11.5. The van der Waals surface area contributed by atoms with Crippen molar-refractivity contribution in [2.75, 3.05) is 7.11 Å². The van der Waals surface area contributed by atoms with Crippen molar-refractivity contribution in [3.05, 3.63) is 59.9 Å². The molecule has 0 bridgehead atoms. The number of rotatable bonds is 4. The third-order valence-electron chi connectivity index (χ3n) is 2.71. The van der Waals surface area contributed by atoms with E-state index in [0.29, 0.717) is 5.69 Å². The summed E-state index contributed by atoms with van der Waals surface area (Å²) in [6.45, 7) is 0.779. The highest BCUT2D eigenvalue weighted by Gasteiger charge is 2.09. The van der Waals surface area contributed by atoms with E-state index < -0.39 is 0 Å². The molecule has 3 nitrogen and oxygen atoms in total. The van der Waals surface area contributed by atoms with Crippen molar-refractivity contribution >= 4 is 5.97 Å². The Hall–Kier alpha value is -2.03. The van der Waals surface area contributed by atoms with Crippen LogP contribution in [0.5, 0.6) is 0 Å². The number of nitrogens with zero attached hydrogens (tertiary/aromatic N) is 1. The van der Waals surface area contributed by atoms with Gasteiger partial charge in [-0.15, -0.1) is 0 Å². The number of carbonyl (C=O) groups is 1. The Kier molecular flexibility index (Phi) is 3.60. The van der Waals surface area contributed by atoms with Gasteiger partial charge in [0.1, 0.15) is 5.69 Å². The Morgan fingerprint density at radius 1 is 1.18 bits per heavy atom. The van der Waals surface area contributed by atoms with Crippen LogP contribution in [0.15, 0.2) is 48.7 Å². The summed E-state index contributed by atoms with van der Waals surface area (Å²) in [4.78, 5) is 11.5. The lowest BCUT2D eigenvalue weighted by molar-refractivity contribution is 0.0588. The largest absolute Gasteiger partial charge is 0.464 e. The van der Waals surface area contributed by atoms with Crippen LogP contribution in [0, 0.1) is 0 Å². The second-order valence-electron chi connectivity index (χ2n) is 3.81. The van der Waals surface area contributed by atoms with Crippen molar-refractivity contribution in [3.8, 4) is 0 Å². The van der Waals surface area contributed by atoms with Gasteiger partial charge in [0.25, 0.3) is 0 Å². The number of hydrogen-bond donors (Lipinski definition) is 0. The Morgan fingerprint density at radius 2 is 1.94 bits per heavy atom. The molecule has 3 heteroatoms. The molecule has 2 rings (SSSR count).